The largest absolute Gasteiger partial charge is 0.496 e. The number of hydrogen-bond donors (Lipinski definition) is 1. The Morgan fingerprint density at radius 3 is 2.78 bits per heavy atom. The minimum atomic E-state index is -0.318. The zero-order valence-corrected chi connectivity index (χ0v) is 16.3. The Balaban J connectivity index is 1.53. The highest BCUT2D eigenvalue weighted by atomic mass is 32.1. The van der Waals surface area contributed by atoms with Crippen molar-refractivity contribution in [3.8, 4) is 5.75 Å². The van der Waals surface area contributed by atoms with Gasteiger partial charge in [-0.15, -0.1) is 0 Å². The Morgan fingerprint density at radius 1 is 1.22 bits per heavy atom. The van der Waals surface area contributed by atoms with Gasteiger partial charge in [-0.3, -0.25) is 9.59 Å². The van der Waals surface area contributed by atoms with E-state index in [9.17, 15) is 9.59 Å². The van der Waals surface area contributed by atoms with E-state index in [0.717, 1.165) is 23.9 Å². The highest BCUT2D eigenvalue weighted by molar-refractivity contribution is 7.09. The number of nitrogens with one attached hydrogen (secondary N) is 1. The van der Waals surface area contributed by atoms with Crippen LogP contribution < -0.4 is 15.0 Å². The van der Waals surface area contributed by atoms with E-state index in [2.05, 4.69) is 19.6 Å². The standard InChI is InChI=1S/C18H23N5O3S/c1-13-20-18(27-21-13)23-9-5-8-22(10-11-23)16(24)12-19-17(25)14-6-3-4-7-15(14)26-2/h3-4,6-7H,5,8-12H2,1-2H3,(H,19,25). The van der Waals surface area contributed by atoms with Crippen LogP contribution in [0.15, 0.2) is 24.3 Å². The molecule has 9 heteroatoms. The van der Waals surface area contributed by atoms with Crippen LogP contribution in [-0.2, 0) is 4.79 Å². The van der Waals surface area contributed by atoms with E-state index < -0.39 is 0 Å². The fraction of sp³-hybridized carbons (Fsp3) is 0.444. The summed E-state index contributed by atoms with van der Waals surface area (Å²) >= 11 is 1.38. The van der Waals surface area contributed by atoms with Gasteiger partial charge < -0.3 is 19.9 Å². The lowest BCUT2D eigenvalue weighted by atomic mass is 10.2. The predicted molar refractivity (Wildman–Crippen MR) is 103 cm³/mol. The van der Waals surface area contributed by atoms with Crippen molar-refractivity contribution in [3.63, 3.8) is 0 Å². The normalized spacial score (nSPS) is 14.6. The molecule has 3 rings (SSSR count). The lowest BCUT2D eigenvalue weighted by Crippen LogP contribution is -2.42. The molecule has 2 aromatic rings. The summed E-state index contributed by atoms with van der Waals surface area (Å²) in [5.74, 6) is 0.849. The van der Waals surface area contributed by atoms with Crippen LogP contribution in [0.5, 0.6) is 5.75 Å². The van der Waals surface area contributed by atoms with E-state index in [1.165, 1.54) is 18.6 Å². The number of methoxy groups -OCH3 is 1. The van der Waals surface area contributed by atoms with Crippen molar-refractivity contribution in [1.82, 2.24) is 19.6 Å². The summed E-state index contributed by atoms with van der Waals surface area (Å²) in [6.45, 7) is 4.65. The van der Waals surface area contributed by atoms with Gasteiger partial charge in [0.2, 0.25) is 11.0 Å². The molecule has 2 heterocycles. The first-order valence-corrected chi connectivity index (χ1v) is 9.60. The van der Waals surface area contributed by atoms with Crippen molar-refractivity contribution in [2.24, 2.45) is 0 Å². The van der Waals surface area contributed by atoms with Gasteiger partial charge in [0.25, 0.3) is 5.91 Å². The van der Waals surface area contributed by atoms with Crippen molar-refractivity contribution in [3.05, 3.63) is 35.7 Å². The number of para-hydroxylation sites is 1. The maximum atomic E-state index is 12.5. The molecule has 0 aliphatic carbocycles. The number of rotatable bonds is 5. The Hall–Kier alpha value is -2.68. The average Bonchev–Trinajstić information content (AvgIpc) is 2.97. The van der Waals surface area contributed by atoms with Gasteiger partial charge in [0.15, 0.2) is 0 Å². The van der Waals surface area contributed by atoms with E-state index in [0.29, 0.717) is 30.9 Å². The fourth-order valence-corrected chi connectivity index (χ4v) is 3.69. The molecule has 0 saturated carbocycles. The first-order chi connectivity index (χ1) is 13.1. The third-order valence-electron chi connectivity index (χ3n) is 4.39. The number of aromatic nitrogens is 2. The van der Waals surface area contributed by atoms with E-state index in [1.54, 1.807) is 29.2 Å². The quantitative estimate of drug-likeness (QED) is 0.830. The molecule has 1 aliphatic rings. The highest BCUT2D eigenvalue weighted by Crippen LogP contribution is 2.19. The Bertz CT molecular complexity index is 810. The molecule has 0 unspecified atom stereocenters. The van der Waals surface area contributed by atoms with Crippen molar-refractivity contribution in [2.45, 2.75) is 13.3 Å². The molecule has 2 amide bonds. The monoisotopic (exact) mass is 389 g/mol. The topological polar surface area (TPSA) is 87.7 Å². The number of carbonyl (C=O) groups excluding carboxylic acids is 2. The Kier molecular flexibility index (Phi) is 6.23. The number of amides is 2. The Labute approximate surface area is 162 Å². The molecule has 8 nitrogen and oxygen atoms in total. The van der Waals surface area contributed by atoms with Gasteiger partial charge in [0.05, 0.1) is 19.2 Å². The summed E-state index contributed by atoms with van der Waals surface area (Å²) in [5.41, 5.74) is 0.418. The molecule has 1 saturated heterocycles. The fourth-order valence-electron chi connectivity index (χ4n) is 2.97. The highest BCUT2D eigenvalue weighted by Gasteiger charge is 2.22. The van der Waals surface area contributed by atoms with Gasteiger partial charge in [0, 0.05) is 37.7 Å². The van der Waals surface area contributed by atoms with Crippen LogP contribution in [0.2, 0.25) is 0 Å². The third kappa shape index (κ3) is 4.73. The number of aryl methyl sites for hydroxylation is 1. The maximum Gasteiger partial charge on any atom is 0.255 e. The molecular formula is C18H23N5O3S. The molecule has 1 N–H and O–H groups in total. The summed E-state index contributed by atoms with van der Waals surface area (Å²) in [4.78, 5) is 33.2. The maximum absolute atomic E-state index is 12.5. The lowest BCUT2D eigenvalue weighted by molar-refractivity contribution is -0.129. The first kappa shape index (κ1) is 19.1. The van der Waals surface area contributed by atoms with E-state index in [1.807, 2.05) is 6.92 Å². The second kappa shape index (κ2) is 8.81. The van der Waals surface area contributed by atoms with Gasteiger partial charge in [-0.05, 0) is 25.5 Å². The van der Waals surface area contributed by atoms with Crippen LogP contribution in [-0.4, -0.2) is 65.9 Å². The smallest absolute Gasteiger partial charge is 0.255 e. The minimum absolute atomic E-state index is 0.0329. The zero-order valence-electron chi connectivity index (χ0n) is 15.5. The molecule has 0 radical (unpaired) electrons. The van der Waals surface area contributed by atoms with E-state index in [-0.39, 0.29) is 18.4 Å². The number of hydrogen-bond acceptors (Lipinski definition) is 7. The van der Waals surface area contributed by atoms with Gasteiger partial charge in [0.1, 0.15) is 11.6 Å². The molecule has 0 bridgehead atoms. The van der Waals surface area contributed by atoms with E-state index >= 15 is 0 Å². The van der Waals surface area contributed by atoms with Crippen LogP contribution in [0.4, 0.5) is 5.13 Å². The summed E-state index contributed by atoms with van der Waals surface area (Å²) < 4.78 is 9.41. The number of anilines is 1. The second-order valence-electron chi connectivity index (χ2n) is 6.23. The summed E-state index contributed by atoms with van der Waals surface area (Å²) in [7, 11) is 1.51. The molecule has 0 spiro atoms. The number of carbonyl (C=O) groups is 2. The molecule has 27 heavy (non-hydrogen) atoms. The van der Waals surface area contributed by atoms with Crippen LogP contribution in [0.3, 0.4) is 0 Å². The van der Waals surface area contributed by atoms with Gasteiger partial charge in [-0.1, -0.05) is 12.1 Å². The molecule has 1 aromatic heterocycles. The Morgan fingerprint density at radius 2 is 2.04 bits per heavy atom. The van der Waals surface area contributed by atoms with Crippen LogP contribution in [0, 0.1) is 6.92 Å². The van der Waals surface area contributed by atoms with Crippen molar-refractivity contribution in [1.29, 1.82) is 0 Å². The van der Waals surface area contributed by atoms with Gasteiger partial charge in [-0.2, -0.15) is 4.37 Å². The summed E-state index contributed by atoms with van der Waals surface area (Å²) in [5, 5.41) is 3.59. The van der Waals surface area contributed by atoms with Gasteiger partial charge >= 0.3 is 0 Å². The predicted octanol–water partition coefficient (Wildman–Crippen LogP) is 1.32. The second-order valence-corrected chi connectivity index (χ2v) is 6.96. The van der Waals surface area contributed by atoms with Crippen LogP contribution in [0.25, 0.3) is 0 Å². The number of benzene rings is 1. The molecule has 1 aromatic carbocycles. The zero-order chi connectivity index (χ0) is 19.2. The van der Waals surface area contributed by atoms with Crippen LogP contribution >= 0.6 is 11.5 Å². The van der Waals surface area contributed by atoms with Gasteiger partial charge in [-0.25, -0.2) is 4.98 Å². The minimum Gasteiger partial charge on any atom is -0.496 e. The summed E-state index contributed by atoms with van der Waals surface area (Å²) in [6.07, 6.45) is 0.852. The van der Waals surface area contributed by atoms with Crippen molar-refractivity contribution in [2.75, 3.05) is 44.7 Å². The molecular weight excluding hydrogens is 366 g/mol. The van der Waals surface area contributed by atoms with Crippen molar-refractivity contribution < 1.29 is 14.3 Å². The van der Waals surface area contributed by atoms with E-state index in [4.69, 9.17) is 4.74 Å². The average molecular weight is 389 g/mol. The molecule has 1 aliphatic heterocycles. The van der Waals surface area contributed by atoms with Crippen molar-refractivity contribution >= 4 is 28.5 Å². The number of nitrogens with zero attached hydrogens (tertiary/aromatic N) is 4. The molecule has 144 valence electrons. The third-order valence-corrected chi connectivity index (χ3v) is 5.26. The van der Waals surface area contributed by atoms with Crippen LogP contribution in [0.1, 0.15) is 22.6 Å². The lowest BCUT2D eigenvalue weighted by Gasteiger charge is -2.21. The molecule has 1 fully saturated rings. The SMILES string of the molecule is COc1ccccc1C(=O)NCC(=O)N1CCCN(c2nc(C)ns2)CC1. The first-order valence-electron chi connectivity index (χ1n) is 8.82. The molecule has 0 atom stereocenters. The summed E-state index contributed by atoms with van der Waals surface area (Å²) in [6, 6.07) is 6.95. The number of ether oxygens (including phenoxy) is 1.